The summed E-state index contributed by atoms with van der Waals surface area (Å²) >= 11 is 0. The molecule has 0 saturated carbocycles. The third-order valence-corrected chi connectivity index (χ3v) is 6.05. The van der Waals surface area contributed by atoms with Crippen LogP contribution in [0.1, 0.15) is 72.3 Å². The second-order valence-corrected chi connectivity index (χ2v) is 8.12. The Bertz CT molecular complexity index is 797. The maximum Gasteiger partial charge on any atom is 0.292 e. The Morgan fingerprint density at radius 2 is 1.82 bits per heavy atom. The lowest BCUT2D eigenvalue weighted by molar-refractivity contribution is 0.0668. The molecule has 0 radical (unpaired) electrons. The molecule has 4 heterocycles. The molecule has 1 amide bonds. The van der Waals surface area contributed by atoms with Gasteiger partial charge in [-0.15, -0.1) is 10.2 Å². The number of rotatable bonds is 4. The molecule has 0 bridgehead atoms. The predicted molar refractivity (Wildman–Crippen MR) is 104 cm³/mol. The number of aryl methyl sites for hydroxylation is 1. The van der Waals surface area contributed by atoms with Crippen molar-refractivity contribution < 1.29 is 9.32 Å². The van der Waals surface area contributed by atoms with E-state index >= 15 is 0 Å². The van der Waals surface area contributed by atoms with Crippen molar-refractivity contribution in [3.05, 3.63) is 29.2 Å². The Labute approximate surface area is 165 Å². The lowest BCUT2D eigenvalue weighted by Gasteiger charge is -2.30. The monoisotopic (exact) mass is 386 g/mol. The van der Waals surface area contributed by atoms with E-state index in [9.17, 15) is 4.79 Å². The average Bonchev–Trinajstić information content (AvgIpc) is 3.19. The molecule has 0 aromatic carbocycles. The average molecular weight is 387 g/mol. The van der Waals surface area contributed by atoms with Crippen molar-refractivity contribution in [1.82, 2.24) is 29.7 Å². The first-order valence-corrected chi connectivity index (χ1v) is 10.4. The molecule has 0 N–H and O–H groups in total. The van der Waals surface area contributed by atoms with Crippen LogP contribution in [0, 0.1) is 6.92 Å². The van der Waals surface area contributed by atoms with Gasteiger partial charge in [0.25, 0.3) is 5.91 Å². The lowest BCUT2D eigenvalue weighted by atomic mass is 9.95. The minimum absolute atomic E-state index is 0.0705. The summed E-state index contributed by atoms with van der Waals surface area (Å²) < 4.78 is 7.30. The van der Waals surface area contributed by atoms with Crippen molar-refractivity contribution in [3.8, 4) is 0 Å². The molecule has 0 unspecified atom stereocenters. The van der Waals surface area contributed by atoms with Crippen molar-refractivity contribution >= 4 is 5.91 Å². The molecule has 4 rings (SSSR count). The minimum atomic E-state index is -0.0705. The van der Waals surface area contributed by atoms with Gasteiger partial charge in [0, 0.05) is 32.1 Å². The maximum absolute atomic E-state index is 12.5. The van der Waals surface area contributed by atoms with Crippen LogP contribution >= 0.6 is 0 Å². The van der Waals surface area contributed by atoms with Gasteiger partial charge in [-0.1, -0.05) is 18.0 Å². The molecule has 2 aliphatic rings. The van der Waals surface area contributed by atoms with Crippen LogP contribution in [-0.2, 0) is 13.6 Å². The summed E-state index contributed by atoms with van der Waals surface area (Å²) in [5, 5.41) is 12.8. The number of hydrogen-bond donors (Lipinski definition) is 0. The van der Waals surface area contributed by atoms with E-state index < -0.39 is 0 Å². The summed E-state index contributed by atoms with van der Waals surface area (Å²) in [7, 11) is 2.08. The summed E-state index contributed by atoms with van der Waals surface area (Å²) in [6.07, 6.45) is 7.03. The SMILES string of the molecule is Cc1cc(C(=O)N2CCC(c3nnc(CN4CCCCCC4)n3C)CC2)on1. The molecule has 2 aliphatic heterocycles. The van der Waals surface area contributed by atoms with E-state index in [0.29, 0.717) is 24.8 Å². The third-order valence-electron chi connectivity index (χ3n) is 6.05. The lowest BCUT2D eigenvalue weighted by Crippen LogP contribution is -2.38. The highest BCUT2D eigenvalue weighted by Gasteiger charge is 2.29. The molecule has 2 aromatic rings. The highest BCUT2D eigenvalue weighted by molar-refractivity contribution is 5.91. The largest absolute Gasteiger partial charge is 0.351 e. The van der Waals surface area contributed by atoms with Crippen LogP contribution in [0.5, 0.6) is 0 Å². The topological polar surface area (TPSA) is 80.3 Å². The molecule has 0 atom stereocenters. The minimum Gasteiger partial charge on any atom is -0.351 e. The maximum atomic E-state index is 12.5. The van der Waals surface area contributed by atoms with E-state index in [1.165, 1.54) is 25.7 Å². The van der Waals surface area contributed by atoms with E-state index in [2.05, 4.69) is 31.9 Å². The fourth-order valence-electron chi connectivity index (χ4n) is 4.32. The van der Waals surface area contributed by atoms with Crippen molar-refractivity contribution in [2.45, 2.75) is 57.9 Å². The van der Waals surface area contributed by atoms with Gasteiger partial charge in [0.1, 0.15) is 11.6 Å². The molecule has 2 fully saturated rings. The highest BCUT2D eigenvalue weighted by atomic mass is 16.5. The number of carbonyl (C=O) groups excluding carboxylic acids is 1. The van der Waals surface area contributed by atoms with Crippen molar-refractivity contribution in [2.24, 2.45) is 7.05 Å². The zero-order chi connectivity index (χ0) is 19.5. The first kappa shape index (κ1) is 19.1. The van der Waals surface area contributed by atoms with Crippen LogP contribution < -0.4 is 0 Å². The molecule has 0 spiro atoms. The number of aromatic nitrogens is 4. The molecule has 8 heteroatoms. The fraction of sp³-hybridized carbons (Fsp3) is 0.700. The summed E-state index contributed by atoms with van der Waals surface area (Å²) in [4.78, 5) is 16.9. The van der Waals surface area contributed by atoms with Crippen LogP contribution in [0.2, 0.25) is 0 Å². The molecule has 2 aromatic heterocycles. The third kappa shape index (κ3) is 4.11. The van der Waals surface area contributed by atoms with Crippen LogP contribution in [0.15, 0.2) is 10.6 Å². The standard InChI is InChI=1S/C20H30N6O2/c1-15-13-17(28-23-15)20(27)26-11-7-16(8-12-26)19-22-21-18(24(19)2)14-25-9-5-3-4-6-10-25/h13,16H,3-12,14H2,1-2H3. The molecule has 2 saturated heterocycles. The molecule has 8 nitrogen and oxygen atoms in total. The second-order valence-electron chi connectivity index (χ2n) is 8.12. The quantitative estimate of drug-likeness (QED) is 0.803. The Balaban J connectivity index is 1.35. The predicted octanol–water partition coefficient (Wildman–Crippen LogP) is 2.51. The number of amides is 1. The first-order valence-electron chi connectivity index (χ1n) is 10.4. The summed E-state index contributed by atoms with van der Waals surface area (Å²) in [5.74, 6) is 2.70. The molecule has 28 heavy (non-hydrogen) atoms. The van der Waals surface area contributed by atoms with E-state index in [1.54, 1.807) is 6.07 Å². The smallest absolute Gasteiger partial charge is 0.292 e. The van der Waals surface area contributed by atoms with Crippen molar-refractivity contribution in [3.63, 3.8) is 0 Å². The van der Waals surface area contributed by atoms with Gasteiger partial charge in [-0.05, 0) is 45.7 Å². The van der Waals surface area contributed by atoms with Crippen LogP contribution in [0.25, 0.3) is 0 Å². The van der Waals surface area contributed by atoms with E-state index in [0.717, 1.165) is 49.8 Å². The van der Waals surface area contributed by atoms with Gasteiger partial charge in [-0.3, -0.25) is 9.69 Å². The normalized spacial score (nSPS) is 19.7. The zero-order valence-corrected chi connectivity index (χ0v) is 16.9. The number of likely N-dealkylation sites (tertiary alicyclic amines) is 2. The van der Waals surface area contributed by atoms with Crippen molar-refractivity contribution in [1.29, 1.82) is 0 Å². The Hall–Kier alpha value is -2.22. The Kier molecular flexibility index (Phi) is 5.75. The van der Waals surface area contributed by atoms with Gasteiger partial charge in [0.2, 0.25) is 5.76 Å². The Morgan fingerprint density at radius 1 is 1.11 bits per heavy atom. The number of nitrogens with zero attached hydrogens (tertiary/aromatic N) is 6. The van der Waals surface area contributed by atoms with Gasteiger partial charge in [-0.2, -0.15) is 0 Å². The number of piperidine rings is 1. The van der Waals surface area contributed by atoms with Gasteiger partial charge in [-0.25, -0.2) is 0 Å². The van der Waals surface area contributed by atoms with Gasteiger partial charge in [0.15, 0.2) is 0 Å². The molecule has 0 aliphatic carbocycles. The zero-order valence-electron chi connectivity index (χ0n) is 16.9. The molecular weight excluding hydrogens is 356 g/mol. The fourth-order valence-corrected chi connectivity index (χ4v) is 4.32. The van der Waals surface area contributed by atoms with Gasteiger partial charge < -0.3 is 14.0 Å². The highest BCUT2D eigenvalue weighted by Crippen LogP contribution is 2.28. The van der Waals surface area contributed by atoms with E-state index in [1.807, 2.05) is 11.8 Å². The summed E-state index contributed by atoms with van der Waals surface area (Å²) in [5.41, 5.74) is 0.731. The number of hydrogen-bond acceptors (Lipinski definition) is 6. The summed E-state index contributed by atoms with van der Waals surface area (Å²) in [6.45, 7) is 6.43. The van der Waals surface area contributed by atoms with Crippen LogP contribution in [0.3, 0.4) is 0 Å². The number of carbonyl (C=O) groups is 1. The van der Waals surface area contributed by atoms with Gasteiger partial charge in [0.05, 0.1) is 12.2 Å². The summed E-state index contributed by atoms with van der Waals surface area (Å²) in [6, 6.07) is 1.70. The second kappa shape index (κ2) is 8.43. The van der Waals surface area contributed by atoms with Crippen molar-refractivity contribution in [2.75, 3.05) is 26.2 Å². The van der Waals surface area contributed by atoms with Crippen LogP contribution in [-0.4, -0.2) is 61.8 Å². The first-order chi connectivity index (χ1) is 13.6. The van der Waals surface area contributed by atoms with Gasteiger partial charge >= 0.3 is 0 Å². The molecular formula is C20H30N6O2. The Morgan fingerprint density at radius 3 is 2.46 bits per heavy atom. The van der Waals surface area contributed by atoms with E-state index in [4.69, 9.17) is 4.52 Å². The van der Waals surface area contributed by atoms with Crippen LogP contribution in [0.4, 0.5) is 0 Å². The molecule has 152 valence electrons. The van der Waals surface area contributed by atoms with E-state index in [-0.39, 0.29) is 5.91 Å².